The van der Waals surface area contributed by atoms with Gasteiger partial charge < -0.3 is 15.8 Å². The summed E-state index contributed by atoms with van der Waals surface area (Å²) in [7, 11) is 1.49. The number of nitrogens with two attached hydrogens (primary N) is 1. The van der Waals surface area contributed by atoms with Crippen LogP contribution in [0.4, 0.5) is 10.5 Å². The van der Waals surface area contributed by atoms with Gasteiger partial charge in [0.2, 0.25) is 0 Å². The van der Waals surface area contributed by atoms with Crippen molar-refractivity contribution in [3.63, 3.8) is 0 Å². The maximum Gasteiger partial charge on any atom is 0.412 e. The Balaban J connectivity index is 0.00000144. The molecule has 0 heterocycles. The highest BCUT2D eigenvalue weighted by atomic mass is 35.5. The van der Waals surface area contributed by atoms with E-state index in [1.807, 2.05) is 0 Å². The number of anilines is 1. The van der Waals surface area contributed by atoms with Crippen LogP contribution in [0.5, 0.6) is 5.75 Å². The van der Waals surface area contributed by atoms with Crippen LogP contribution in [0.2, 0.25) is 0 Å². The van der Waals surface area contributed by atoms with Gasteiger partial charge in [0.25, 0.3) is 0 Å². The molecule has 13 heavy (non-hydrogen) atoms. The summed E-state index contributed by atoms with van der Waals surface area (Å²) < 4.78 is 4.82. The average molecular weight is 203 g/mol. The lowest BCUT2D eigenvalue weighted by Gasteiger charge is -2.04. The van der Waals surface area contributed by atoms with Crippen molar-refractivity contribution in [3.8, 4) is 5.75 Å². The minimum atomic E-state index is -0.520. The standard InChI is InChI=1S/C8H10N2O2.ClH/c1-10-8(11)12-7-5-3-2-4-6(7)9;/h2-5H,9H2,1H3,(H,10,11);1H. The van der Waals surface area contributed by atoms with E-state index < -0.39 is 6.09 Å². The highest BCUT2D eigenvalue weighted by Crippen LogP contribution is 2.19. The first-order valence-corrected chi connectivity index (χ1v) is 3.48. The second-order valence-corrected chi connectivity index (χ2v) is 2.18. The molecule has 0 saturated carbocycles. The summed E-state index contributed by atoms with van der Waals surface area (Å²) in [5.41, 5.74) is 5.96. The number of benzene rings is 1. The van der Waals surface area contributed by atoms with Crippen molar-refractivity contribution in [1.29, 1.82) is 0 Å². The van der Waals surface area contributed by atoms with Gasteiger partial charge in [0.05, 0.1) is 5.69 Å². The molecule has 0 fully saturated rings. The fraction of sp³-hybridized carbons (Fsp3) is 0.125. The quantitative estimate of drug-likeness (QED) is 0.677. The molecule has 3 N–H and O–H groups in total. The van der Waals surface area contributed by atoms with Crippen molar-refractivity contribution in [1.82, 2.24) is 5.32 Å². The molecule has 1 aromatic carbocycles. The third-order valence-electron chi connectivity index (χ3n) is 1.33. The third-order valence-corrected chi connectivity index (χ3v) is 1.33. The van der Waals surface area contributed by atoms with Gasteiger partial charge in [0.1, 0.15) is 0 Å². The van der Waals surface area contributed by atoms with E-state index in [-0.39, 0.29) is 12.4 Å². The Morgan fingerprint density at radius 2 is 2.08 bits per heavy atom. The second kappa shape index (κ2) is 5.27. The van der Waals surface area contributed by atoms with Gasteiger partial charge in [-0.2, -0.15) is 0 Å². The van der Waals surface area contributed by atoms with E-state index in [0.717, 1.165) is 0 Å². The molecule has 0 aliphatic carbocycles. The Morgan fingerprint density at radius 1 is 1.46 bits per heavy atom. The first-order chi connectivity index (χ1) is 5.74. The zero-order valence-electron chi connectivity index (χ0n) is 7.11. The van der Waals surface area contributed by atoms with Crippen LogP contribution in [0.25, 0.3) is 0 Å². The van der Waals surface area contributed by atoms with Gasteiger partial charge in [0, 0.05) is 7.05 Å². The summed E-state index contributed by atoms with van der Waals surface area (Å²) in [5, 5.41) is 2.32. The predicted octanol–water partition coefficient (Wildman–Crippen LogP) is 1.41. The second-order valence-electron chi connectivity index (χ2n) is 2.18. The van der Waals surface area contributed by atoms with Gasteiger partial charge in [-0.25, -0.2) is 4.79 Å². The SMILES string of the molecule is CNC(=O)Oc1ccccc1N.Cl. The molecule has 0 bridgehead atoms. The van der Waals surface area contributed by atoms with E-state index in [0.29, 0.717) is 11.4 Å². The Kier molecular flexibility index (Phi) is 4.69. The Labute approximate surface area is 82.5 Å². The number of halogens is 1. The predicted molar refractivity (Wildman–Crippen MR) is 53.2 cm³/mol. The molecule has 0 aliphatic rings. The number of amides is 1. The summed E-state index contributed by atoms with van der Waals surface area (Å²) in [6.07, 6.45) is -0.520. The monoisotopic (exact) mass is 202 g/mol. The molecule has 0 radical (unpaired) electrons. The first-order valence-electron chi connectivity index (χ1n) is 3.48. The highest BCUT2D eigenvalue weighted by molar-refractivity contribution is 5.85. The van der Waals surface area contributed by atoms with Crippen LogP contribution >= 0.6 is 12.4 Å². The lowest BCUT2D eigenvalue weighted by Crippen LogP contribution is -2.22. The van der Waals surface area contributed by atoms with E-state index in [1.165, 1.54) is 7.05 Å². The topological polar surface area (TPSA) is 64.3 Å². The summed E-state index contributed by atoms with van der Waals surface area (Å²) in [5.74, 6) is 0.372. The first kappa shape index (κ1) is 11.6. The zero-order chi connectivity index (χ0) is 8.97. The minimum Gasteiger partial charge on any atom is -0.408 e. The van der Waals surface area contributed by atoms with E-state index in [4.69, 9.17) is 10.5 Å². The maximum absolute atomic E-state index is 10.7. The largest absolute Gasteiger partial charge is 0.412 e. The summed E-state index contributed by atoms with van der Waals surface area (Å²) in [6, 6.07) is 6.81. The smallest absolute Gasteiger partial charge is 0.408 e. The maximum atomic E-state index is 10.7. The Morgan fingerprint density at radius 3 is 2.62 bits per heavy atom. The fourth-order valence-corrected chi connectivity index (χ4v) is 0.724. The molecule has 0 spiro atoms. The lowest BCUT2D eigenvalue weighted by molar-refractivity contribution is 0.203. The number of para-hydroxylation sites is 2. The molecule has 0 aromatic heterocycles. The number of nitrogen functional groups attached to an aromatic ring is 1. The molecular formula is C8H11ClN2O2. The molecule has 0 saturated heterocycles. The highest BCUT2D eigenvalue weighted by Gasteiger charge is 2.02. The Bertz CT molecular complexity index is 291. The van der Waals surface area contributed by atoms with Crippen LogP contribution in [0, 0.1) is 0 Å². The number of hydrogen-bond donors (Lipinski definition) is 2. The van der Waals surface area contributed by atoms with Crippen molar-refractivity contribution in [2.45, 2.75) is 0 Å². The van der Waals surface area contributed by atoms with Gasteiger partial charge in [-0.3, -0.25) is 0 Å². The van der Waals surface area contributed by atoms with Gasteiger partial charge in [-0.15, -0.1) is 12.4 Å². The molecule has 72 valence electrons. The van der Waals surface area contributed by atoms with Crippen LogP contribution in [0.1, 0.15) is 0 Å². The van der Waals surface area contributed by atoms with E-state index in [2.05, 4.69) is 5.32 Å². The van der Waals surface area contributed by atoms with Crippen molar-refractivity contribution < 1.29 is 9.53 Å². The normalized spacial score (nSPS) is 8.38. The molecule has 4 nitrogen and oxygen atoms in total. The van der Waals surface area contributed by atoms with Gasteiger partial charge in [0.15, 0.2) is 5.75 Å². The van der Waals surface area contributed by atoms with E-state index in [1.54, 1.807) is 24.3 Å². The van der Waals surface area contributed by atoms with Gasteiger partial charge in [-0.05, 0) is 12.1 Å². The third kappa shape index (κ3) is 3.21. The average Bonchev–Trinajstić information content (AvgIpc) is 2.09. The molecule has 1 aromatic rings. The fourth-order valence-electron chi connectivity index (χ4n) is 0.724. The zero-order valence-corrected chi connectivity index (χ0v) is 7.93. The van der Waals surface area contributed by atoms with Crippen LogP contribution in [-0.2, 0) is 0 Å². The molecule has 0 unspecified atom stereocenters. The van der Waals surface area contributed by atoms with Crippen LogP contribution < -0.4 is 15.8 Å². The molecule has 1 amide bonds. The van der Waals surface area contributed by atoms with Crippen LogP contribution in [0.15, 0.2) is 24.3 Å². The lowest BCUT2D eigenvalue weighted by atomic mass is 10.3. The van der Waals surface area contributed by atoms with Gasteiger partial charge in [-0.1, -0.05) is 12.1 Å². The van der Waals surface area contributed by atoms with Gasteiger partial charge >= 0.3 is 6.09 Å². The summed E-state index contributed by atoms with van der Waals surface area (Å²) >= 11 is 0. The van der Waals surface area contributed by atoms with Crippen molar-refractivity contribution in [2.75, 3.05) is 12.8 Å². The van der Waals surface area contributed by atoms with E-state index in [9.17, 15) is 4.79 Å². The summed E-state index contributed by atoms with van der Waals surface area (Å²) in [6.45, 7) is 0. The molecule has 0 aliphatic heterocycles. The van der Waals surface area contributed by atoms with Crippen molar-refractivity contribution in [2.24, 2.45) is 0 Å². The van der Waals surface area contributed by atoms with Crippen LogP contribution in [-0.4, -0.2) is 13.1 Å². The number of hydrogen-bond acceptors (Lipinski definition) is 3. The number of ether oxygens (including phenoxy) is 1. The van der Waals surface area contributed by atoms with Crippen LogP contribution in [0.3, 0.4) is 0 Å². The molecule has 5 heteroatoms. The summed E-state index contributed by atoms with van der Waals surface area (Å²) in [4.78, 5) is 10.7. The van der Waals surface area contributed by atoms with Crippen molar-refractivity contribution in [3.05, 3.63) is 24.3 Å². The molecule has 1 rings (SSSR count). The Hall–Kier alpha value is -1.42. The molecular weight excluding hydrogens is 192 g/mol. The number of rotatable bonds is 1. The molecule has 0 atom stereocenters. The number of carbonyl (C=O) groups is 1. The van der Waals surface area contributed by atoms with E-state index >= 15 is 0 Å². The van der Waals surface area contributed by atoms with Crippen molar-refractivity contribution >= 4 is 24.2 Å². The minimum absolute atomic E-state index is 0. The number of nitrogens with one attached hydrogen (secondary N) is 1. The number of carbonyl (C=O) groups excluding carboxylic acids is 1.